The van der Waals surface area contributed by atoms with E-state index < -0.39 is 5.54 Å². The Morgan fingerprint density at radius 3 is 2.79 bits per heavy atom. The minimum Gasteiger partial charge on any atom is -0.368 e. The van der Waals surface area contributed by atoms with Gasteiger partial charge < -0.3 is 11.1 Å². The third kappa shape index (κ3) is 4.13. The van der Waals surface area contributed by atoms with Crippen LogP contribution in [0.15, 0.2) is 29.2 Å². The summed E-state index contributed by atoms with van der Waals surface area (Å²) in [6, 6.07) is 8.20. The third-order valence-corrected chi connectivity index (χ3v) is 4.86. The van der Waals surface area contributed by atoms with Crippen LogP contribution in [0.1, 0.15) is 26.2 Å². The molecule has 0 radical (unpaired) electrons. The maximum Gasteiger partial charge on any atom is 0.237 e. The van der Waals surface area contributed by atoms with Crippen molar-refractivity contribution in [2.45, 2.75) is 42.7 Å². The van der Waals surface area contributed by atoms with Gasteiger partial charge in [-0.05, 0) is 38.3 Å². The van der Waals surface area contributed by atoms with Crippen molar-refractivity contribution >= 4 is 29.3 Å². The lowest BCUT2D eigenvalue weighted by Gasteiger charge is -2.27. The summed E-state index contributed by atoms with van der Waals surface area (Å²) in [5, 5.41) is 4.10. The van der Waals surface area contributed by atoms with E-state index in [-0.39, 0.29) is 5.91 Å². The number of amides is 1. The number of primary amides is 1. The first-order valence-electron chi connectivity index (χ1n) is 6.46. The molecule has 1 fully saturated rings. The minimum atomic E-state index is -0.616. The summed E-state index contributed by atoms with van der Waals surface area (Å²) in [7, 11) is 0. The Hall–Kier alpha value is -0.710. The van der Waals surface area contributed by atoms with Gasteiger partial charge in [0.05, 0.1) is 10.6 Å². The van der Waals surface area contributed by atoms with Gasteiger partial charge in [-0.25, -0.2) is 0 Å². The van der Waals surface area contributed by atoms with Gasteiger partial charge in [0.25, 0.3) is 0 Å². The highest BCUT2D eigenvalue weighted by Crippen LogP contribution is 2.30. The van der Waals surface area contributed by atoms with Crippen LogP contribution in [0.3, 0.4) is 0 Å². The second kappa shape index (κ2) is 6.16. The predicted octanol–water partition coefficient (Wildman–Crippen LogP) is 2.82. The van der Waals surface area contributed by atoms with Gasteiger partial charge in [0.2, 0.25) is 5.91 Å². The van der Waals surface area contributed by atoms with Crippen LogP contribution in [0.5, 0.6) is 0 Å². The highest BCUT2D eigenvalue weighted by Gasteiger charge is 2.36. The standard InChI is InChI=1S/C14H19ClN2OS/c1-14(13(16)18,17-10-6-7-10)8-9-19-12-5-3-2-4-11(12)15/h2-5,10,17H,6-9H2,1H3,(H2,16,18). The number of benzene rings is 1. The summed E-state index contributed by atoms with van der Waals surface area (Å²) in [5.74, 6) is 0.530. The van der Waals surface area contributed by atoms with Crippen LogP contribution in [-0.4, -0.2) is 23.2 Å². The molecule has 0 spiro atoms. The van der Waals surface area contributed by atoms with Crippen molar-refractivity contribution in [1.29, 1.82) is 0 Å². The zero-order chi connectivity index (χ0) is 13.9. The number of carbonyl (C=O) groups excluding carboxylic acids is 1. The molecule has 1 unspecified atom stereocenters. The van der Waals surface area contributed by atoms with E-state index in [9.17, 15) is 4.79 Å². The van der Waals surface area contributed by atoms with Crippen molar-refractivity contribution in [3.8, 4) is 0 Å². The first-order valence-corrected chi connectivity index (χ1v) is 7.82. The van der Waals surface area contributed by atoms with Gasteiger partial charge in [-0.15, -0.1) is 11.8 Å². The molecule has 1 amide bonds. The molecule has 0 aliphatic heterocycles. The van der Waals surface area contributed by atoms with Gasteiger partial charge in [0.1, 0.15) is 0 Å². The normalized spacial score (nSPS) is 18.0. The summed E-state index contributed by atoms with van der Waals surface area (Å²) in [6.45, 7) is 1.89. The maximum atomic E-state index is 11.6. The van der Waals surface area contributed by atoms with Gasteiger partial charge in [0.15, 0.2) is 0 Å². The number of hydrogen-bond donors (Lipinski definition) is 2. The van der Waals surface area contributed by atoms with Crippen LogP contribution in [-0.2, 0) is 4.79 Å². The van der Waals surface area contributed by atoms with E-state index >= 15 is 0 Å². The molecule has 5 heteroatoms. The topological polar surface area (TPSA) is 55.1 Å². The van der Waals surface area contributed by atoms with Gasteiger partial charge in [-0.2, -0.15) is 0 Å². The van der Waals surface area contributed by atoms with Gasteiger partial charge in [-0.1, -0.05) is 23.7 Å². The molecule has 0 bridgehead atoms. The summed E-state index contributed by atoms with van der Waals surface area (Å²) >= 11 is 7.76. The lowest BCUT2D eigenvalue weighted by Crippen LogP contribution is -2.54. The Morgan fingerprint density at radius 1 is 1.53 bits per heavy atom. The van der Waals surface area contributed by atoms with Crippen molar-refractivity contribution in [2.75, 3.05) is 5.75 Å². The van der Waals surface area contributed by atoms with Gasteiger partial charge in [-0.3, -0.25) is 4.79 Å². The minimum absolute atomic E-state index is 0.279. The van der Waals surface area contributed by atoms with Crippen LogP contribution in [0.2, 0.25) is 5.02 Å². The maximum absolute atomic E-state index is 11.6. The molecule has 0 aromatic heterocycles. The number of halogens is 1. The zero-order valence-electron chi connectivity index (χ0n) is 11.0. The van der Waals surface area contributed by atoms with E-state index in [2.05, 4.69) is 5.32 Å². The Balaban J connectivity index is 1.88. The molecule has 2 rings (SSSR count). The SMILES string of the molecule is CC(CCSc1ccccc1Cl)(NC1CC1)C(N)=O. The summed E-state index contributed by atoms with van der Waals surface area (Å²) in [4.78, 5) is 12.7. The fourth-order valence-electron chi connectivity index (χ4n) is 1.87. The molecule has 1 aromatic rings. The molecule has 104 valence electrons. The van der Waals surface area contributed by atoms with Crippen LogP contribution in [0.25, 0.3) is 0 Å². The Kier molecular flexibility index (Phi) is 4.76. The monoisotopic (exact) mass is 298 g/mol. The first kappa shape index (κ1) is 14.7. The lowest BCUT2D eigenvalue weighted by atomic mass is 9.98. The van der Waals surface area contributed by atoms with E-state index in [4.69, 9.17) is 17.3 Å². The second-order valence-electron chi connectivity index (χ2n) is 5.14. The smallest absolute Gasteiger partial charge is 0.237 e. The third-order valence-electron chi connectivity index (χ3n) is 3.34. The average Bonchev–Trinajstić information content (AvgIpc) is 3.15. The van der Waals surface area contributed by atoms with Gasteiger partial charge in [0, 0.05) is 16.7 Å². The Labute approximate surface area is 123 Å². The molecule has 3 nitrogen and oxygen atoms in total. The van der Waals surface area contributed by atoms with E-state index in [1.165, 1.54) is 0 Å². The van der Waals surface area contributed by atoms with Crippen molar-refractivity contribution in [3.63, 3.8) is 0 Å². The fraction of sp³-hybridized carbons (Fsp3) is 0.500. The van der Waals surface area contributed by atoms with E-state index in [0.29, 0.717) is 12.5 Å². The molecule has 1 aromatic carbocycles. The lowest BCUT2D eigenvalue weighted by molar-refractivity contribution is -0.124. The molecular weight excluding hydrogens is 280 g/mol. The summed E-state index contributed by atoms with van der Waals surface area (Å²) in [5.41, 5.74) is 4.90. The van der Waals surface area contributed by atoms with Gasteiger partial charge >= 0.3 is 0 Å². The number of hydrogen-bond acceptors (Lipinski definition) is 3. The van der Waals surface area contributed by atoms with E-state index in [0.717, 1.165) is 28.5 Å². The van der Waals surface area contributed by atoms with Crippen LogP contribution < -0.4 is 11.1 Å². The number of carbonyl (C=O) groups is 1. The summed E-state index contributed by atoms with van der Waals surface area (Å²) in [6.07, 6.45) is 2.98. The number of rotatable bonds is 7. The van der Waals surface area contributed by atoms with Crippen LogP contribution in [0, 0.1) is 0 Å². The summed E-state index contributed by atoms with van der Waals surface area (Å²) < 4.78 is 0. The number of nitrogens with one attached hydrogen (secondary N) is 1. The molecule has 1 atom stereocenters. The number of nitrogens with two attached hydrogens (primary N) is 1. The molecule has 1 saturated carbocycles. The predicted molar refractivity (Wildman–Crippen MR) is 80.6 cm³/mol. The molecule has 0 heterocycles. The van der Waals surface area contributed by atoms with E-state index in [1.54, 1.807) is 11.8 Å². The molecular formula is C14H19ClN2OS. The van der Waals surface area contributed by atoms with Crippen LogP contribution >= 0.6 is 23.4 Å². The molecule has 1 aliphatic carbocycles. The first-order chi connectivity index (χ1) is 9.01. The Bertz CT molecular complexity index is 465. The highest BCUT2D eigenvalue weighted by molar-refractivity contribution is 7.99. The Morgan fingerprint density at radius 2 is 2.21 bits per heavy atom. The zero-order valence-corrected chi connectivity index (χ0v) is 12.6. The highest BCUT2D eigenvalue weighted by atomic mass is 35.5. The van der Waals surface area contributed by atoms with Crippen molar-refractivity contribution < 1.29 is 4.79 Å². The number of thioether (sulfide) groups is 1. The fourth-order valence-corrected chi connectivity index (χ4v) is 3.28. The molecule has 1 aliphatic rings. The average molecular weight is 299 g/mol. The molecule has 3 N–H and O–H groups in total. The van der Waals surface area contributed by atoms with Crippen molar-refractivity contribution in [2.24, 2.45) is 5.73 Å². The largest absolute Gasteiger partial charge is 0.368 e. The van der Waals surface area contributed by atoms with Crippen molar-refractivity contribution in [3.05, 3.63) is 29.3 Å². The quantitative estimate of drug-likeness (QED) is 0.761. The van der Waals surface area contributed by atoms with Crippen LogP contribution in [0.4, 0.5) is 0 Å². The molecule has 0 saturated heterocycles. The van der Waals surface area contributed by atoms with E-state index in [1.807, 2.05) is 31.2 Å². The molecule has 19 heavy (non-hydrogen) atoms. The second-order valence-corrected chi connectivity index (χ2v) is 6.69. The van der Waals surface area contributed by atoms with Crippen molar-refractivity contribution in [1.82, 2.24) is 5.32 Å².